The summed E-state index contributed by atoms with van der Waals surface area (Å²) in [6.07, 6.45) is 1.62. The van der Waals surface area contributed by atoms with Crippen molar-refractivity contribution in [1.29, 1.82) is 0 Å². The molecule has 0 radical (unpaired) electrons. The van der Waals surface area contributed by atoms with Crippen molar-refractivity contribution in [3.05, 3.63) is 47.5 Å². The number of halogens is 1. The Morgan fingerprint density at radius 1 is 0.964 bits per heavy atom. The lowest BCUT2D eigenvalue weighted by molar-refractivity contribution is 0.0746. The Bertz CT molecular complexity index is 850. The van der Waals surface area contributed by atoms with E-state index in [4.69, 9.17) is 0 Å². The molecular formula is C20H24FN5OS. The standard InChI is InChI=1S/C20H24FN5OS/c1-15-2-3-16(12-17(15)21)20(27)26-6-4-24(5-7-26)18-13-19(23-14-22-18)25-8-10-28-11-9-25/h2-3,12-14H,4-11H2,1H3. The summed E-state index contributed by atoms with van der Waals surface area (Å²) in [5.41, 5.74) is 0.956. The number of hydrogen-bond acceptors (Lipinski definition) is 6. The maximum absolute atomic E-state index is 13.8. The monoisotopic (exact) mass is 401 g/mol. The third-order valence-corrected chi connectivity index (χ3v) is 6.23. The van der Waals surface area contributed by atoms with Crippen LogP contribution in [0.2, 0.25) is 0 Å². The molecule has 0 spiro atoms. The van der Waals surface area contributed by atoms with Gasteiger partial charge in [0.1, 0.15) is 23.8 Å². The van der Waals surface area contributed by atoms with Gasteiger partial charge in [0.2, 0.25) is 0 Å². The number of benzene rings is 1. The molecule has 6 nitrogen and oxygen atoms in total. The van der Waals surface area contributed by atoms with Crippen LogP contribution in [0.1, 0.15) is 15.9 Å². The van der Waals surface area contributed by atoms with E-state index in [9.17, 15) is 9.18 Å². The van der Waals surface area contributed by atoms with Gasteiger partial charge in [0.15, 0.2) is 0 Å². The van der Waals surface area contributed by atoms with Crippen LogP contribution in [0.3, 0.4) is 0 Å². The SMILES string of the molecule is Cc1ccc(C(=O)N2CCN(c3cc(N4CCSCC4)ncn3)CC2)cc1F. The number of anilines is 2. The average Bonchev–Trinajstić information content (AvgIpc) is 2.76. The van der Waals surface area contributed by atoms with Crippen molar-refractivity contribution in [1.82, 2.24) is 14.9 Å². The molecule has 0 aliphatic carbocycles. The number of amides is 1. The van der Waals surface area contributed by atoms with Gasteiger partial charge in [-0.3, -0.25) is 4.79 Å². The Morgan fingerprint density at radius 3 is 2.25 bits per heavy atom. The summed E-state index contributed by atoms with van der Waals surface area (Å²) in [6.45, 7) is 6.30. The fourth-order valence-electron chi connectivity index (χ4n) is 3.52. The van der Waals surface area contributed by atoms with Crippen LogP contribution in [0.25, 0.3) is 0 Å². The normalized spacial score (nSPS) is 17.7. The lowest BCUT2D eigenvalue weighted by atomic mass is 10.1. The molecule has 8 heteroatoms. The summed E-state index contributed by atoms with van der Waals surface area (Å²) in [7, 11) is 0. The number of aromatic nitrogens is 2. The van der Waals surface area contributed by atoms with Gasteiger partial charge < -0.3 is 14.7 Å². The predicted molar refractivity (Wildman–Crippen MR) is 111 cm³/mol. The fourth-order valence-corrected chi connectivity index (χ4v) is 4.43. The summed E-state index contributed by atoms with van der Waals surface area (Å²) >= 11 is 1.97. The first-order valence-electron chi connectivity index (χ1n) is 9.57. The first kappa shape index (κ1) is 19.0. The number of aryl methyl sites for hydroxylation is 1. The molecule has 2 aliphatic rings. The smallest absolute Gasteiger partial charge is 0.254 e. The molecule has 28 heavy (non-hydrogen) atoms. The van der Waals surface area contributed by atoms with Gasteiger partial charge in [-0.25, -0.2) is 14.4 Å². The van der Waals surface area contributed by atoms with Crippen LogP contribution in [0.15, 0.2) is 30.6 Å². The van der Waals surface area contributed by atoms with Gasteiger partial charge in [-0.2, -0.15) is 11.8 Å². The van der Waals surface area contributed by atoms with Crippen molar-refractivity contribution in [3.8, 4) is 0 Å². The number of thioether (sulfide) groups is 1. The Morgan fingerprint density at radius 2 is 1.61 bits per heavy atom. The van der Waals surface area contributed by atoms with E-state index in [1.54, 1.807) is 30.3 Å². The molecule has 0 N–H and O–H groups in total. The van der Waals surface area contributed by atoms with Crippen molar-refractivity contribution >= 4 is 29.3 Å². The zero-order valence-electron chi connectivity index (χ0n) is 16.0. The lowest BCUT2D eigenvalue weighted by Crippen LogP contribution is -2.49. The minimum absolute atomic E-state index is 0.118. The van der Waals surface area contributed by atoms with Gasteiger partial charge in [0, 0.05) is 62.4 Å². The predicted octanol–water partition coefficient (Wildman–Crippen LogP) is 2.44. The first-order valence-corrected chi connectivity index (χ1v) is 10.7. The van der Waals surface area contributed by atoms with Crippen LogP contribution in [-0.4, -0.2) is 71.5 Å². The summed E-state index contributed by atoms with van der Waals surface area (Å²) in [4.78, 5) is 27.8. The molecule has 2 aromatic rings. The first-order chi connectivity index (χ1) is 13.6. The second kappa shape index (κ2) is 8.34. The zero-order valence-corrected chi connectivity index (χ0v) is 16.8. The molecule has 0 unspecified atom stereocenters. The summed E-state index contributed by atoms with van der Waals surface area (Å²) < 4.78 is 13.8. The Hall–Kier alpha value is -2.35. The van der Waals surface area contributed by atoms with Crippen molar-refractivity contribution in [2.45, 2.75) is 6.92 Å². The van der Waals surface area contributed by atoms with Gasteiger partial charge in [-0.05, 0) is 24.6 Å². The molecule has 2 saturated heterocycles. The second-order valence-corrected chi connectivity index (χ2v) is 8.30. The van der Waals surface area contributed by atoms with E-state index in [2.05, 4.69) is 19.8 Å². The molecular weight excluding hydrogens is 377 g/mol. The van der Waals surface area contributed by atoms with E-state index in [1.807, 2.05) is 17.8 Å². The molecule has 4 rings (SSSR count). The molecule has 148 valence electrons. The molecule has 0 atom stereocenters. The lowest BCUT2D eigenvalue weighted by Gasteiger charge is -2.36. The van der Waals surface area contributed by atoms with Gasteiger partial charge in [0.25, 0.3) is 5.91 Å². The number of piperazine rings is 1. The molecule has 2 aliphatic heterocycles. The molecule has 1 aromatic heterocycles. The summed E-state index contributed by atoms with van der Waals surface area (Å²) in [6, 6.07) is 6.72. The molecule has 3 heterocycles. The van der Waals surface area contributed by atoms with E-state index < -0.39 is 0 Å². The highest BCUT2D eigenvalue weighted by Crippen LogP contribution is 2.22. The Labute approximate surface area is 168 Å². The quantitative estimate of drug-likeness (QED) is 0.788. The van der Waals surface area contributed by atoms with Crippen LogP contribution in [0.5, 0.6) is 0 Å². The van der Waals surface area contributed by atoms with E-state index >= 15 is 0 Å². The molecule has 0 saturated carbocycles. The molecule has 0 bridgehead atoms. The van der Waals surface area contributed by atoms with Crippen molar-refractivity contribution in [2.24, 2.45) is 0 Å². The van der Waals surface area contributed by atoms with E-state index in [1.165, 1.54) is 6.07 Å². The van der Waals surface area contributed by atoms with Crippen LogP contribution >= 0.6 is 11.8 Å². The largest absolute Gasteiger partial charge is 0.355 e. The van der Waals surface area contributed by atoms with Gasteiger partial charge in [-0.15, -0.1) is 0 Å². The number of carbonyl (C=O) groups excluding carboxylic acids is 1. The summed E-state index contributed by atoms with van der Waals surface area (Å²) in [5.74, 6) is 3.66. The van der Waals surface area contributed by atoms with Crippen molar-refractivity contribution in [3.63, 3.8) is 0 Å². The molecule has 1 aromatic carbocycles. The minimum Gasteiger partial charge on any atom is -0.355 e. The van der Waals surface area contributed by atoms with E-state index in [0.717, 1.165) is 36.2 Å². The fraction of sp³-hybridized carbons (Fsp3) is 0.450. The minimum atomic E-state index is -0.339. The molecule has 1 amide bonds. The second-order valence-electron chi connectivity index (χ2n) is 7.08. The number of nitrogens with zero attached hydrogens (tertiary/aromatic N) is 5. The van der Waals surface area contributed by atoms with Crippen molar-refractivity contribution < 1.29 is 9.18 Å². The van der Waals surface area contributed by atoms with E-state index in [0.29, 0.717) is 37.3 Å². The maximum atomic E-state index is 13.8. The van der Waals surface area contributed by atoms with Gasteiger partial charge in [-0.1, -0.05) is 6.07 Å². The van der Waals surface area contributed by atoms with Crippen LogP contribution in [-0.2, 0) is 0 Å². The number of carbonyl (C=O) groups is 1. The highest BCUT2D eigenvalue weighted by Gasteiger charge is 2.24. The highest BCUT2D eigenvalue weighted by molar-refractivity contribution is 7.99. The Kier molecular flexibility index (Phi) is 5.66. The Balaban J connectivity index is 1.40. The summed E-state index contributed by atoms with van der Waals surface area (Å²) in [5, 5.41) is 0. The average molecular weight is 402 g/mol. The maximum Gasteiger partial charge on any atom is 0.254 e. The third kappa shape index (κ3) is 4.06. The number of rotatable bonds is 3. The van der Waals surface area contributed by atoms with Crippen molar-refractivity contribution in [2.75, 3.05) is 60.6 Å². The van der Waals surface area contributed by atoms with Crippen LogP contribution < -0.4 is 9.80 Å². The van der Waals surface area contributed by atoms with Crippen LogP contribution in [0.4, 0.5) is 16.0 Å². The zero-order chi connectivity index (χ0) is 19.5. The van der Waals surface area contributed by atoms with Crippen LogP contribution in [0, 0.1) is 12.7 Å². The van der Waals surface area contributed by atoms with Gasteiger partial charge in [0.05, 0.1) is 0 Å². The van der Waals surface area contributed by atoms with E-state index in [-0.39, 0.29) is 11.7 Å². The number of hydrogen-bond donors (Lipinski definition) is 0. The third-order valence-electron chi connectivity index (χ3n) is 5.28. The molecule has 2 fully saturated rings. The topological polar surface area (TPSA) is 52.6 Å². The van der Waals surface area contributed by atoms with Gasteiger partial charge >= 0.3 is 0 Å². The highest BCUT2D eigenvalue weighted by atomic mass is 32.2.